The van der Waals surface area contributed by atoms with Crippen LogP contribution in [0.4, 0.5) is 4.79 Å². The average molecular weight is 649 g/mol. The highest BCUT2D eigenvalue weighted by atomic mass is 35.5. The van der Waals surface area contributed by atoms with E-state index in [-0.39, 0.29) is 0 Å². The monoisotopic (exact) mass is 648 g/mol. The maximum absolute atomic E-state index is 12.2. The number of pyridine rings is 1. The number of aromatic nitrogens is 1. The number of carbonyl (C=O) groups is 2. The molecule has 3 aromatic rings. The van der Waals surface area contributed by atoms with E-state index in [2.05, 4.69) is 40.7 Å². The molecule has 10 heteroatoms. The highest BCUT2D eigenvalue weighted by molar-refractivity contribution is 6.31. The normalized spacial score (nSPS) is 15.6. The van der Waals surface area contributed by atoms with Crippen LogP contribution >= 0.6 is 11.6 Å². The Morgan fingerprint density at radius 3 is 2.63 bits per heavy atom. The first-order chi connectivity index (χ1) is 22.3. The number of para-hydroxylation sites is 1. The van der Waals surface area contributed by atoms with Crippen LogP contribution in [0.1, 0.15) is 80.0 Å². The molecule has 5 N–H and O–H groups in total. The van der Waals surface area contributed by atoms with Gasteiger partial charge in [0, 0.05) is 35.1 Å². The standard InChI is InChI=1S/C36H45ClN4O5/c1-24-20-26(31(37)21-25(24)8-5-7-18-40-35(44)41-32(34(42)43)10-4-6-17-38)23-45-36(15-16-36)30-22-39-19-14-28(30)29-9-2-3-11-33(29)46-27-12-13-27/h2-3,9,11,14,19-22,27,32H,4-8,10,12-13,15-18,23,38H2,1H3,(H,42,43)(H2,40,41,44). The van der Waals surface area contributed by atoms with Gasteiger partial charge in [-0.1, -0.05) is 35.9 Å². The van der Waals surface area contributed by atoms with Gasteiger partial charge >= 0.3 is 12.0 Å². The molecule has 0 saturated heterocycles. The van der Waals surface area contributed by atoms with Crippen molar-refractivity contribution in [3.63, 3.8) is 0 Å². The second kappa shape index (κ2) is 15.8. The van der Waals surface area contributed by atoms with Crippen LogP contribution in [0.2, 0.25) is 5.02 Å². The fourth-order valence-corrected chi connectivity index (χ4v) is 5.98. The molecule has 46 heavy (non-hydrogen) atoms. The number of benzene rings is 2. The number of amides is 2. The quantitative estimate of drug-likeness (QED) is 0.113. The lowest BCUT2D eigenvalue weighted by atomic mass is 9.96. The second-order valence-corrected chi connectivity index (χ2v) is 12.8. The van der Waals surface area contributed by atoms with E-state index >= 15 is 0 Å². The maximum atomic E-state index is 12.2. The average Bonchev–Trinajstić information content (AvgIpc) is 3.99. The molecule has 2 amide bonds. The number of hydrogen-bond acceptors (Lipinski definition) is 6. The number of rotatable bonds is 18. The molecule has 5 rings (SSSR count). The molecular weight excluding hydrogens is 604 g/mol. The third kappa shape index (κ3) is 8.99. The number of aryl methyl sites for hydroxylation is 2. The number of nitrogens with zero attached hydrogens (tertiary/aromatic N) is 1. The summed E-state index contributed by atoms with van der Waals surface area (Å²) in [4.78, 5) is 28.1. The van der Waals surface area contributed by atoms with Gasteiger partial charge < -0.3 is 30.9 Å². The third-order valence-corrected chi connectivity index (χ3v) is 9.08. The minimum atomic E-state index is -1.04. The molecular formula is C36H45ClN4O5. The number of aliphatic carboxylic acids is 1. The van der Waals surface area contributed by atoms with Crippen molar-refractivity contribution in [2.24, 2.45) is 5.73 Å². The molecule has 9 nitrogen and oxygen atoms in total. The summed E-state index contributed by atoms with van der Waals surface area (Å²) in [6, 6.07) is 13.0. The summed E-state index contributed by atoms with van der Waals surface area (Å²) in [7, 11) is 0. The molecule has 0 bridgehead atoms. The minimum Gasteiger partial charge on any atom is -0.490 e. The molecule has 1 unspecified atom stereocenters. The molecule has 1 heterocycles. The fourth-order valence-electron chi connectivity index (χ4n) is 5.73. The van der Waals surface area contributed by atoms with Crippen LogP contribution in [0.15, 0.2) is 54.9 Å². The summed E-state index contributed by atoms with van der Waals surface area (Å²) in [6.45, 7) is 3.44. The molecule has 2 saturated carbocycles. The van der Waals surface area contributed by atoms with Crippen molar-refractivity contribution in [1.29, 1.82) is 0 Å². The van der Waals surface area contributed by atoms with E-state index in [9.17, 15) is 14.7 Å². The van der Waals surface area contributed by atoms with Crippen LogP contribution in [-0.4, -0.2) is 47.3 Å². The first-order valence-electron chi connectivity index (χ1n) is 16.4. The summed E-state index contributed by atoms with van der Waals surface area (Å²) in [5.74, 6) is -0.134. The largest absolute Gasteiger partial charge is 0.490 e. The number of urea groups is 1. The highest BCUT2D eigenvalue weighted by Crippen LogP contribution is 2.53. The number of carbonyl (C=O) groups excluding carboxylic acids is 1. The van der Waals surface area contributed by atoms with Gasteiger partial charge in [-0.2, -0.15) is 0 Å². The van der Waals surface area contributed by atoms with Crippen LogP contribution in [0.3, 0.4) is 0 Å². The van der Waals surface area contributed by atoms with Gasteiger partial charge in [0.1, 0.15) is 11.8 Å². The van der Waals surface area contributed by atoms with E-state index in [1.54, 1.807) is 0 Å². The first kappa shape index (κ1) is 33.7. The van der Waals surface area contributed by atoms with Gasteiger partial charge in [-0.25, -0.2) is 9.59 Å². The summed E-state index contributed by atoms with van der Waals surface area (Å²) < 4.78 is 12.9. The number of carboxylic acid groups (broad SMARTS) is 1. The van der Waals surface area contributed by atoms with Crippen molar-refractivity contribution in [3.05, 3.63) is 82.1 Å². The number of hydrogen-bond donors (Lipinski definition) is 4. The van der Waals surface area contributed by atoms with Crippen LogP contribution in [0.5, 0.6) is 5.75 Å². The van der Waals surface area contributed by atoms with Crippen LogP contribution in [0.25, 0.3) is 11.1 Å². The zero-order valence-electron chi connectivity index (χ0n) is 26.5. The Morgan fingerprint density at radius 2 is 1.89 bits per heavy atom. The third-order valence-electron chi connectivity index (χ3n) is 8.73. The van der Waals surface area contributed by atoms with Gasteiger partial charge in [-0.15, -0.1) is 0 Å². The lowest BCUT2D eigenvalue weighted by molar-refractivity contribution is -0.139. The Labute approximate surface area is 276 Å². The summed E-state index contributed by atoms with van der Waals surface area (Å²) in [6.07, 6.45) is 12.3. The predicted octanol–water partition coefficient (Wildman–Crippen LogP) is 6.66. The van der Waals surface area contributed by atoms with E-state index in [1.807, 2.05) is 36.7 Å². The van der Waals surface area contributed by atoms with Gasteiger partial charge in [0.05, 0.1) is 18.3 Å². The number of nitrogens with two attached hydrogens (primary N) is 1. The molecule has 2 fully saturated rings. The van der Waals surface area contributed by atoms with Crippen molar-refractivity contribution < 1.29 is 24.2 Å². The minimum absolute atomic E-state index is 0.310. The Bertz CT molecular complexity index is 1510. The van der Waals surface area contributed by atoms with Crippen molar-refractivity contribution in [2.75, 3.05) is 13.1 Å². The van der Waals surface area contributed by atoms with Gasteiger partial charge in [-0.3, -0.25) is 4.98 Å². The fraction of sp³-hybridized carbons (Fsp3) is 0.472. The van der Waals surface area contributed by atoms with Crippen molar-refractivity contribution in [3.8, 4) is 16.9 Å². The smallest absolute Gasteiger partial charge is 0.326 e. The summed E-state index contributed by atoms with van der Waals surface area (Å²) >= 11 is 6.77. The molecule has 0 aliphatic heterocycles. The number of nitrogens with one attached hydrogen (secondary N) is 2. The zero-order valence-corrected chi connectivity index (χ0v) is 27.3. The maximum Gasteiger partial charge on any atom is 0.326 e. The first-order valence-corrected chi connectivity index (χ1v) is 16.8. The Balaban J connectivity index is 1.13. The molecule has 2 aliphatic rings. The Hall–Kier alpha value is -3.66. The lowest BCUT2D eigenvalue weighted by Crippen LogP contribution is -2.46. The van der Waals surface area contributed by atoms with Gasteiger partial charge in [-0.05, 0) is 118 Å². The van der Waals surface area contributed by atoms with E-state index in [0.29, 0.717) is 43.7 Å². The van der Waals surface area contributed by atoms with Crippen LogP contribution in [-0.2, 0) is 28.2 Å². The van der Waals surface area contributed by atoms with E-state index in [4.69, 9.17) is 26.8 Å². The SMILES string of the molecule is Cc1cc(COC2(c3cnccc3-c3ccccc3OC3CC3)CC2)c(Cl)cc1CCCCNC(=O)NC(CCCCN)C(=O)O. The van der Waals surface area contributed by atoms with Crippen LogP contribution in [0, 0.1) is 6.92 Å². The van der Waals surface area contributed by atoms with Gasteiger partial charge in [0.2, 0.25) is 0 Å². The molecule has 0 spiro atoms. The molecule has 2 aromatic carbocycles. The zero-order chi connectivity index (χ0) is 32.5. The van der Waals surface area contributed by atoms with E-state index < -0.39 is 23.6 Å². The lowest BCUT2D eigenvalue weighted by Gasteiger charge is -2.22. The highest BCUT2D eigenvalue weighted by Gasteiger charge is 2.47. The van der Waals surface area contributed by atoms with Gasteiger partial charge in [0.15, 0.2) is 0 Å². The molecule has 0 radical (unpaired) electrons. The predicted molar refractivity (Wildman–Crippen MR) is 179 cm³/mol. The van der Waals surface area contributed by atoms with E-state index in [1.165, 1.54) is 0 Å². The molecule has 1 atom stereocenters. The van der Waals surface area contributed by atoms with Crippen molar-refractivity contribution >= 4 is 23.6 Å². The second-order valence-electron chi connectivity index (χ2n) is 12.4. The number of ether oxygens (including phenoxy) is 2. The summed E-state index contributed by atoms with van der Waals surface area (Å²) in [5, 5.41) is 15.3. The summed E-state index contributed by atoms with van der Waals surface area (Å²) in [5.41, 5.74) is 11.6. The van der Waals surface area contributed by atoms with Gasteiger partial charge in [0.25, 0.3) is 0 Å². The number of halogens is 1. The topological polar surface area (TPSA) is 136 Å². The molecule has 246 valence electrons. The van der Waals surface area contributed by atoms with E-state index in [0.717, 1.165) is 90.5 Å². The molecule has 2 aliphatic carbocycles. The van der Waals surface area contributed by atoms with Crippen molar-refractivity contribution in [1.82, 2.24) is 15.6 Å². The number of unbranched alkanes of at least 4 members (excludes halogenated alkanes) is 2. The Morgan fingerprint density at radius 1 is 1.09 bits per heavy atom. The number of carboxylic acids is 1. The van der Waals surface area contributed by atoms with Crippen LogP contribution < -0.4 is 21.1 Å². The molecule has 1 aromatic heterocycles. The van der Waals surface area contributed by atoms with Crippen molar-refractivity contribution in [2.45, 2.75) is 95.5 Å². The Kier molecular flexibility index (Phi) is 11.5.